The van der Waals surface area contributed by atoms with Crippen molar-refractivity contribution in [3.05, 3.63) is 116 Å². The van der Waals surface area contributed by atoms with Crippen molar-refractivity contribution >= 4 is 23.2 Å². The molecule has 0 aromatic heterocycles. The van der Waals surface area contributed by atoms with E-state index >= 15 is 0 Å². The van der Waals surface area contributed by atoms with Crippen LogP contribution in [0.1, 0.15) is 25.7 Å². The molecule has 1 aliphatic heterocycles. The van der Waals surface area contributed by atoms with Gasteiger partial charge in [-0.15, -0.1) is 0 Å². The Morgan fingerprint density at radius 2 is 1.16 bits per heavy atom. The average molecular weight is 431 g/mol. The first-order valence-electron chi connectivity index (χ1n) is 11.3. The number of benzene rings is 3. The zero-order valence-electron chi connectivity index (χ0n) is 18.5. The van der Waals surface area contributed by atoms with Crippen LogP contribution in [0, 0.1) is 0 Å². The summed E-state index contributed by atoms with van der Waals surface area (Å²) in [5, 5.41) is 4.42. The van der Waals surface area contributed by atoms with E-state index in [0.29, 0.717) is 0 Å². The van der Waals surface area contributed by atoms with Crippen LogP contribution < -0.4 is 15.9 Å². The van der Waals surface area contributed by atoms with Gasteiger partial charge in [0.1, 0.15) is 0 Å². The molecule has 0 spiro atoms. The minimum atomic E-state index is -2.08. The standard InChI is InChI=1S/C25H27P.C4H8O/c1-3-22(2)14-13-21-26(23-15-7-4-8-16-23,24-17-9-5-10-18-24)25-19-11-6-12-20-25;1-2-4-5-3-1/h3-12,15-20,26H,1-2,13-14,21H2;1-4H2. The van der Waals surface area contributed by atoms with Gasteiger partial charge in [-0.1, -0.05) is 0 Å². The molecule has 0 atom stereocenters. The normalized spacial score (nSPS) is 13.7. The molecule has 0 bridgehead atoms. The van der Waals surface area contributed by atoms with E-state index in [9.17, 15) is 0 Å². The third-order valence-corrected chi connectivity index (χ3v) is 11.0. The minimum absolute atomic E-state index is 1.00. The topological polar surface area (TPSA) is 9.23 Å². The second kappa shape index (κ2) is 12.4. The monoisotopic (exact) mass is 430 g/mol. The van der Waals surface area contributed by atoms with Gasteiger partial charge in [0.25, 0.3) is 0 Å². The van der Waals surface area contributed by atoms with Gasteiger partial charge in [0, 0.05) is 13.2 Å². The SMILES string of the molecule is C1CCOC1.C=CC(=C)CCC[PH](c1ccccc1)(c1ccccc1)c1ccccc1. The number of hydrogen-bond donors (Lipinski definition) is 0. The van der Waals surface area contributed by atoms with Crippen LogP contribution in [0.3, 0.4) is 0 Å². The van der Waals surface area contributed by atoms with Crippen LogP contribution >= 0.6 is 7.26 Å². The Hall–Kier alpha value is -2.47. The summed E-state index contributed by atoms with van der Waals surface area (Å²) in [6.07, 6.45) is 7.73. The van der Waals surface area contributed by atoms with Crippen LogP contribution in [0.25, 0.3) is 0 Å². The maximum atomic E-state index is 4.94. The fraction of sp³-hybridized carbons (Fsp3) is 0.241. The molecule has 4 rings (SSSR count). The molecule has 1 heterocycles. The van der Waals surface area contributed by atoms with Crippen molar-refractivity contribution in [1.29, 1.82) is 0 Å². The van der Waals surface area contributed by atoms with Gasteiger partial charge in [0.15, 0.2) is 0 Å². The van der Waals surface area contributed by atoms with Gasteiger partial charge in [-0.05, 0) is 12.8 Å². The molecular weight excluding hydrogens is 395 g/mol. The number of hydrogen-bond acceptors (Lipinski definition) is 1. The first-order chi connectivity index (χ1) is 15.3. The van der Waals surface area contributed by atoms with Crippen LogP contribution in [0.15, 0.2) is 116 Å². The molecule has 1 aliphatic rings. The second-order valence-electron chi connectivity index (χ2n) is 8.04. The molecule has 0 N–H and O–H groups in total. The van der Waals surface area contributed by atoms with E-state index in [1.807, 2.05) is 6.08 Å². The van der Waals surface area contributed by atoms with Crippen molar-refractivity contribution in [3.63, 3.8) is 0 Å². The van der Waals surface area contributed by atoms with Crippen LogP contribution in [0.5, 0.6) is 0 Å². The Morgan fingerprint density at radius 3 is 1.48 bits per heavy atom. The molecule has 31 heavy (non-hydrogen) atoms. The molecule has 3 aromatic carbocycles. The predicted octanol–water partition coefficient (Wildman–Crippen LogP) is 6.03. The first kappa shape index (κ1) is 23.2. The van der Waals surface area contributed by atoms with Gasteiger partial charge in [-0.2, -0.15) is 0 Å². The van der Waals surface area contributed by atoms with Crippen molar-refractivity contribution in [2.75, 3.05) is 19.4 Å². The van der Waals surface area contributed by atoms with Crippen molar-refractivity contribution in [2.45, 2.75) is 25.7 Å². The summed E-state index contributed by atoms with van der Waals surface area (Å²) < 4.78 is 4.94. The zero-order chi connectivity index (χ0) is 21.8. The molecular formula is C29H35OP. The molecule has 2 heteroatoms. The Morgan fingerprint density at radius 1 is 0.742 bits per heavy atom. The molecule has 0 unspecified atom stereocenters. The van der Waals surface area contributed by atoms with Gasteiger partial charge in [0.2, 0.25) is 0 Å². The molecule has 0 saturated carbocycles. The van der Waals surface area contributed by atoms with E-state index < -0.39 is 7.26 Å². The predicted molar refractivity (Wildman–Crippen MR) is 140 cm³/mol. The van der Waals surface area contributed by atoms with Gasteiger partial charge < -0.3 is 4.74 Å². The summed E-state index contributed by atoms with van der Waals surface area (Å²) in [7, 11) is -2.08. The number of ether oxygens (including phenoxy) is 1. The summed E-state index contributed by atoms with van der Waals surface area (Å²) in [5.74, 6) is 0. The fourth-order valence-electron chi connectivity index (χ4n) is 4.29. The average Bonchev–Trinajstić information content (AvgIpc) is 3.44. The van der Waals surface area contributed by atoms with Crippen LogP contribution in [-0.4, -0.2) is 19.4 Å². The van der Waals surface area contributed by atoms with Gasteiger partial charge in [0.05, 0.1) is 0 Å². The van der Waals surface area contributed by atoms with Crippen molar-refractivity contribution in [1.82, 2.24) is 0 Å². The van der Waals surface area contributed by atoms with E-state index in [2.05, 4.69) is 104 Å². The summed E-state index contributed by atoms with van der Waals surface area (Å²) in [4.78, 5) is 0. The Balaban J connectivity index is 0.000000478. The third kappa shape index (κ3) is 6.26. The molecule has 1 fully saturated rings. The first-order valence-corrected chi connectivity index (χ1v) is 13.5. The fourth-order valence-corrected chi connectivity index (χ4v) is 9.15. The number of allylic oxidation sites excluding steroid dienone is 2. The van der Waals surface area contributed by atoms with E-state index in [-0.39, 0.29) is 0 Å². The third-order valence-electron chi connectivity index (χ3n) is 5.97. The van der Waals surface area contributed by atoms with Gasteiger partial charge in [-0.25, -0.2) is 0 Å². The van der Waals surface area contributed by atoms with E-state index in [0.717, 1.165) is 37.8 Å². The summed E-state index contributed by atoms with van der Waals surface area (Å²) in [5.41, 5.74) is 1.13. The van der Waals surface area contributed by atoms with Crippen LogP contribution in [0.2, 0.25) is 0 Å². The molecule has 1 nitrogen and oxygen atoms in total. The molecule has 162 valence electrons. The Kier molecular flexibility index (Phi) is 9.28. The Labute approximate surface area is 188 Å². The quantitative estimate of drug-likeness (QED) is 0.313. The summed E-state index contributed by atoms with van der Waals surface area (Å²) >= 11 is 0. The molecule has 0 radical (unpaired) electrons. The van der Waals surface area contributed by atoms with Crippen molar-refractivity contribution in [3.8, 4) is 0 Å². The van der Waals surface area contributed by atoms with E-state index in [4.69, 9.17) is 4.74 Å². The van der Waals surface area contributed by atoms with E-state index in [1.54, 1.807) is 0 Å². The van der Waals surface area contributed by atoms with Crippen molar-refractivity contribution < 1.29 is 4.74 Å². The maximum absolute atomic E-state index is 4.94. The zero-order valence-corrected chi connectivity index (χ0v) is 19.5. The summed E-state index contributed by atoms with van der Waals surface area (Å²) in [6.45, 7) is 9.97. The van der Waals surface area contributed by atoms with Crippen molar-refractivity contribution in [2.24, 2.45) is 0 Å². The molecule has 1 saturated heterocycles. The van der Waals surface area contributed by atoms with Gasteiger partial charge in [-0.3, -0.25) is 0 Å². The van der Waals surface area contributed by atoms with E-state index in [1.165, 1.54) is 28.8 Å². The van der Waals surface area contributed by atoms with Gasteiger partial charge >= 0.3 is 158 Å². The van der Waals surface area contributed by atoms with Crippen LogP contribution in [-0.2, 0) is 4.74 Å². The second-order valence-corrected chi connectivity index (χ2v) is 12.1. The Bertz CT molecular complexity index is 810. The number of rotatable bonds is 8. The van der Waals surface area contributed by atoms with Crippen LogP contribution in [0.4, 0.5) is 0 Å². The molecule has 0 aliphatic carbocycles. The summed E-state index contributed by atoms with van der Waals surface area (Å²) in [6, 6.07) is 33.2. The molecule has 0 amide bonds. The molecule has 3 aromatic rings.